The SMILES string of the molecule is COC(CN)C(=O)NC1(C(=O)O)CC1. The molecule has 0 aromatic heterocycles. The van der Waals surface area contributed by atoms with Crippen molar-refractivity contribution in [3.05, 3.63) is 0 Å². The Labute approximate surface area is 81.4 Å². The molecule has 1 saturated carbocycles. The number of nitrogens with two attached hydrogens (primary N) is 1. The summed E-state index contributed by atoms with van der Waals surface area (Å²) in [4.78, 5) is 22.1. The van der Waals surface area contributed by atoms with Gasteiger partial charge in [-0.2, -0.15) is 0 Å². The zero-order chi connectivity index (χ0) is 10.8. The average Bonchev–Trinajstić information content (AvgIpc) is 2.87. The van der Waals surface area contributed by atoms with E-state index in [-0.39, 0.29) is 6.54 Å². The normalized spacial score (nSPS) is 19.9. The van der Waals surface area contributed by atoms with Crippen LogP contribution in [0.15, 0.2) is 0 Å². The molecular formula is C8H14N2O4. The Balaban J connectivity index is 2.52. The second-order valence-electron chi connectivity index (χ2n) is 3.34. The third-order valence-corrected chi connectivity index (χ3v) is 2.31. The maximum Gasteiger partial charge on any atom is 0.329 e. The quantitative estimate of drug-likeness (QED) is 0.514. The van der Waals surface area contributed by atoms with Crippen LogP contribution >= 0.6 is 0 Å². The van der Waals surface area contributed by atoms with E-state index in [9.17, 15) is 9.59 Å². The third kappa shape index (κ3) is 2.02. The molecule has 14 heavy (non-hydrogen) atoms. The maximum atomic E-state index is 11.4. The minimum absolute atomic E-state index is 0.0397. The van der Waals surface area contributed by atoms with Gasteiger partial charge in [0.15, 0.2) is 0 Å². The van der Waals surface area contributed by atoms with Gasteiger partial charge in [-0.25, -0.2) is 4.79 Å². The molecular weight excluding hydrogens is 188 g/mol. The smallest absolute Gasteiger partial charge is 0.329 e. The first-order valence-corrected chi connectivity index (χ1v) is 4.34. The fourth-order valence-corrected chi connectivity index (χ4v) is 1.14. The van der Waals surface area contributed by atoms with Crippen molar-refractivity contribution in [2.45, 2.75) is 24.5 Å². The molecule has 1 atom stereocenters. The number of carbonyl (C=O) groups is 2. The fourth-order valence-electron chi connectivity index (χ4n) is 1.14. The van der Waals surface area contributed by atoms with Crippen LogP contribution in [-0.2, 0) is 14.3 Å². The van der Waals surface area contributed by atoms with E-state index >= 15 is 0 Å². The van der Waals surface area contributed by atoms with Crippen molar-refractivity contribution in [2.75, 3.05) is 13.7 Å². The highest BCUT2D eigenvalue weighted by atomic mass is 16.5. The highest BCUT2D eigenvalue weighted by molar-refractivity contribution is 5.91. The lowest BCUT2D eigenvalue weighted by Crippen LogP contribution is -2.49. The van der Waals surface area contributed by atoms with Crippen LogP contribution in [0.2, 0.25) is 0 Å². The van der Waals surface area contributed by atoms with Crippen LogP contribution in [0.4, 0.5) is 0 Å². The third-order valence-electron chi connectivity index (χ3n) is 2.31. The first-order chi connectivity index (χ1) is 6.55. The molecule has 0 aromatic rings. The number of ether oxygens (including phenoxy) is 1. The molecule has 1 unspecified atom stereocenters. The molecule has 6 heteroatoms. The summed E-state index contributed by atoms with van der Waals surface area (Å²) in [5, 5.41) is 11.2. The van der Waals surface area contributed by atoms with Crippen LogP contribution in [0, 0.1) is 0 Å². The Morgan fingerprint density at radius 2 is 2.21 bits per heavy atom. The van der Waals surface area contributed by atoms with Crippen molar-refractivity contribution in [1.29, 1.82) is 0 Å². The van der Waals surface area contributed by atoms with E-state index in [4.69, 9.17) is 15.6 Å². The molecule has 0 saturated heterocycles. The average molecular weight is 202 g/mol. The number of carboxylic acid groups (broad SMARTS) is 1. The van der Waals surface area contributed by atoms with Gasteiger partial charge in [-0.1, -0.05) is 0 Å². The molecule has 1 fully saturated rings. The van der Waals surface area contributed by atoms with Gasteiger partial charge < -0.3 is 20.9 Å². The summed E-state index contributed by atoms with van der Waals surface area (Å²) >= 11 is 0. The molecule has 0 spiro atoms. The van der Waals surface area contributed by atoms with Gasteiger partial charge >= 0.3 is 5.97 Å². The van der Waals surface area contributed by atoms with Crippen molar-refractivity contribution in [3.8, 4) is 0 Å². The summed E-state index contributed by atoms with van der Waals surface area (Å²) in [5.41, 5.74) is 4.20. The Morgan fingerprint density at radius 3 is 2.50 bits per heavy atom. The monoisotopic (exact) mass is 202 g/mol. The number of carboxylic acids is 1. The minimum atomic E-state index is -1.07. The molecule has 0 bridgehead atoms. The Morgan fingerprint density at radius 1 is 1.64 bits per heavy atom. The van der Waals surface area contributed by atoms with Gasteiger partial charge in [0.2, 0.25) is 0 Å². The lowest BCUT2D eigenvalue weighted by Gasteiger charge is -2.17. The molecule has 0 aromatic carbocycles. The molecule has 1 aliphatic carbocycles. The summed E-state index contributed by atoms with van der Waals surface area (Å²) in [7, 11) is 1.36. The first-order valence-electron chi connectivity index (χ1n) is 4.34. The first kappa shape index (κ1) is 10.9. The zero-order valence-electron chi connectivity index (χ0n) is 7.95. The van der Waals surface area contributed by atoms with Crippen LogP contribution in [0.5, 0.6) is 0 Å². The Bertz CT molecular complexity index is 246. The van der Waals surface area contributed by atoms with E-state index in [1.54, 1.807) is 0 Å². The number of hydrogen-bond acceptors (Lipinski definition) is 4. The number of rotatable bonds is 5. The van der Waals surface area contributed by atoms with Crippen LogP contribution in [0.25, 0.3) is 0 Å². The van der Waals surface area contributed by atoms with Gasteiger partial charge in [0, 0.05) is 13.7 Å². The van der Waals surface area contributed by atoms with E-state index in [0.29, 0.717) is 12.8 Å². The predicted octanol–water partition coefficient (Wildman–Crippen LogP) is -1.31. The van der Waals surface area contributed by atoms with E-state index in [0.717, 1.165) is 0 Å². The fraction of sp³-hybridized carbons (Fsp3) is 0.750. The molecule has 6 nitrogen and oxygen atoms in total. The lowest BCUT2D eigenvalue weighted by molar-refractivity contribution is -0.145. The molecule has 1 rings (SSSR count). The molecule has 0 radical (unpaired) electrons. The van der Waals surface area contributed by atoms with Gasteiger partial charge in [0.1, 0.15) is 11.6 Å². The summed E-state index contributed by atoms with van der Waals surface area (Å²) in [6.07, 6.45) is 0.163. The Kier molecular flexibility index (Phi) is 3.07. The van der Waals surface area contributed by atoms with Gasteiger partial charge in [-0.05, 0) is 12.8 Å². The summed E-state index contributed by atoms with van der Waals surface area (Å²) < 4.78 is 4.78. The maximum absolute atomic E-state index is 11.4. The van der Waals surface area contributed by atoms with Crippen molar-refractivity contribution < 1.29 is 19.4 Å². The zero-order valence-corrected chi connectivity index (χ0v) is 7.95. The number of amides is 1. The van der Waals surface area contributed by atoms with Gasteiger partial charge in [-0.15, -0.1) is 0 Å². The molecule has 0 aliphatic heterocycles. The second-order valence-corrected chi connectivity index (χ2v) is 3.34. The number of nitrogens with one attached hydrogen (secondary N) is 1. The number of carbonyl (C=O) groups excluding carboxylic acids is 1. The molecule has 80 valence electrons. The molecule has 4 N–H and O–H groups in total. The summed E-state index contributed by atoms with van der Waals surface area (Å²) in [6, 6.07) is 0. The van der Waals surface area contributed by atoms with E-state index in [2.05, 4.69) is 5.32 Å². The van der Waals surface area contributed by atoms with E-state index < -0.39 is 23.5 Å². The molecule has 0 heterocycles. The topological polar surface area (TPSA) is 102 Å². The van der Waals surface area contributed by atoms with Crippen LogP contribution in [-0.4, -0.2) is 42.3 Å². The summed E-state index contributed by atoms with van der Waals surface area (Å²) in [5.74, 6) is -1.47. The molecule has 1 amide bonds. The Hall–Kier alpha value is -1.14. The lowest BCUT2D eigenvalue weighted by atomic mass is 10.2. The number of aliphatic carboxylic acids is 1. The van der Waals surface area contributed by atoms with Crippen molar-refractivity contribution in [3.63, 3.8) is 0 Å². The van der Waals surface area contributed by atoms with E-state index in [1.807, 2.05) is 0 Å². The predicted molar refractivity (Wildman–Crippen MR) is 47.6 cm³/mol. The van der Waals surface area contributed by atoms with Crippen molar-refractivity contribution >= 4 is 11.9 Å². The largest absolute Gasteiger partial charge is 0.480 e. The van der Waals surface area contributed by atoms with Crippen molar-refractivity contribution in [1.82, 2.24) is 5.32 Å². The number of hydrogen-bond donors (Lipinski definition) is 3. The van der Waals surface area contributed by atoms with Crippen molar-refractivity contribution in [2.24, 2.45) is 5.73 Å². The van der Waals surface area contributed by atoms with E-state index in [1.165, 1.54) is 7.11 Å². The van der Waals surface area contributed by atoms with Crippen LogP contribution in [0.1, 0.15) is 12.8 Å². The standard InChI is InChI=1S/C8H14N2O4/c1-14-5(4-9)6(11)10-8(2-3-8)7(12)13/h5H,2-4,9H2,1H3,(H,10,11)(H,12,13). The summed E-state index contributed by atoms with van der Waals surface area (Å²) in [6.45, 7) is 0.0397. The molecule has 1 aliphatic rings. The van der Waals surface area contributed by atoms with Gasteiger partial charge in [0.25, 0.3) is 5.91 Å². The number of methoxy groups -OCH3 is 1. The van der Waals surface area contributed by atoms with Gasteiger partial charge in [-0.3, -0.25) is 4.79 Å². The van der Waals surface area contributed by atoms with Crippen LogP contribution in [0.3, 0.4) is 0 Å². The highest BCUT2D eigenvalue weighted by Crippen LogP contribution is 2.35. The van der Waals surface area contributed by atoms with Crippen LogP contribution < -0.4 is 11.1 Å². The van der Waals surface area contributed by atoms with Gasteiger partial charge in [0.05, 0.1) is 0 Å². The second kappa shape index (κ2) is 3.93. The highest BCUT2D eigenvalue weighted by Gasteiger charge is 2.52. The minimum Gasteiger partial charge on any atom is -0.480 e.